The molecule has 1 aromatic carbocycles. The summed E-state index contributed by atoms with van der Waals surface area (Å²) in [4.78, 5) is 15.7. The lowest BCUT2D eigenvalue weighted by molar-refractivity contribution is 0.0979. The molecule has 0 aliphatic rings. The molecule has 0 saturated heterocycles. The molecule has 0 spiro atoms. The Bertz CT molecular complexity index is 529. The summed E-state index contributed by atoms with van der Waals surface area (Å²) in [7, 11) is 0. The molecule has 0 radical (unpaired) electrons. The van der Waals surface area contributed by atoms with Gasteiger partial charge in [-0.1, -0.05) is 36.8 Å². The van der Waals surface area contributed by atoms with Crippen LogP contribution in [0.4, 0.5) is 0 Å². The summed E-state index contributed by atoms with van der Waals surface area (Å²) in [6.45, 7) is 4.63. The van der Waals surface area contributed by atoms with Crippen LogP contribution in [0, 0.1) is 6.92 Å². The van der Waals surface area contributed by atoms with Crippen LogP contribution in [0.3, 0.4) is 0 Å². The first kappa shape index (κ1) is 11.6. The average molecular weight is 228 g/mol. The van der Waals surface area contributed by atoms with Crippen LogP contribution < -0.4 is 0 Å². The second-order valence-corrected chi connectivity index (χ2v) is 4.17. The quantitative estimate of drug-likeness (QED) is 0.754. The van der Waals surface area contributed by atoms with Crippen LogP contribution in [0.25, 0.3) is 0 Å². The second kappa shape index (κ2) is 4.95. The lowest BCUT2D eigenvalue weighted by atomic mass is 10.1. The van der Waals surface area contributed by atoms with Gasteiger partial charge in [0.05, 0.1) is 12.5 Å². The van der Waals surface area contributed by atoms with E-state index in [2.05, 4.69) is 30.1 Å². The van der Waals surface area contributed by atoms with Crippen LogP contribution in [-0.4, -0.2) is 15.3 Å². The smallest absolute Gasteiger partial charge is 0.180 e. The molecule has 0 aliphatic carbocycles. The molecule has 2 rings (SSSR count). The molecule has 2 aromatic rings. The number of ketones is 1. The zero-order valence-electron chi connectivity index (χ0n) is 10.2. The van der Waals surface area contributed by atoms with Crippen molar-refractivity contribution in [1.82, 2.24) is 9.55 Å². The van der Waals surface area contributed by atoms with Crippen LogP contribution >= 0.6 is 0 Å². The SMILES string of the molecule is CCC(=O)c1cncn1Cc1cccc(C)c1. The standard InChI is InChI=1S/C14H16N2O/c1-3-14(17)13-8-15-10-16(13)9-12-6-4-5-11(2)7-12/h4-8,10H,3,9H2,1-2H3. The van der Waals surface area contributed by atoms with Crippen molar-refractivity contribution in [2.24, 2.45) is 0 Å². The molecule has 0 amide bonds. The Labute approximate surface area is 101 Å². The van der Waals surface area contributed by atoms with Crippen LogP contribution in [0.1, 0.15) is 35.0 Å². The zero-order valence-corrected chi connectivity index (χ0v) is 10.2. The summed E-state index contributed by atoms with van der Waals surface area (Å²) in [6.07, 6.45) is 3.87. The Morgan fingerprint density at radius 2 is 2.24 bits per heavy atom. The topological polar surface area (TPSA) is 34.9 Å². The van der Waals surface area contributed by atoms with Crippen molar-refractivity contribution in [3.63, 3.8) is 0 Å². The lowest BCUT2D eigenvalue weighted by Gasteiger charge is -2.07. The molecule has 88 valence electrons. The van der Waals surface area contributed by atoms with Crippen LogP contribution in [0.15, 0.2) is 36.8 Å². The van der Waals surface area contributed by atoms with E-state index in [-0.39, 0.29) is 5.78 Å². The van der Waals surface area contributed by atoms with Gasteiger partial charge in [-0.15, -0.1) is 0 Å². The van der Waals surface area contributed by atoms with Gasteiger partial charge < -0.3 is 4.57 Å². The van der Waals surface area contributed by atoms with Gasteiger partial charge in [-0.2, -0.15) is 0 Å². The molecule has 3 nitrogen and oxygen atoms in total. The highest BCUT2D eigenvalue weighted by Gasteiger charge is 2.09. The molecule has 0 unspecified atom stereocenters. The van der Waals surface area contributed by atoms with Crippen molar-refractivity contribution in [3.8, 4) is 0 Å². The number of aromatic nitrogens is 2. The van der Waals surface area contributed by atoms with Crippen LogP contribution in [-0.2, 0) is 6.54 Å². The summed E-state index contributed by atoms with van der Waals surface area (Å²) in [5, 5.41) is 0. The van der Waals surface area contributed by atoms with Gasteiger partial charge >= 0.3 is 0 Å². The molecule has 0 atom stereocenters. The van der Waals surface area contributed by atoms with Gasteiger partial charge in [-0.3, -0.25) is 4.79 Å². The van der Waals surface area contributed by atoms with E-state index in [4.69, 9.17) is 0 Å². The first-order chi connectivity index (χ1) is 8.20. The number of carbonyl (C=O) groups excluding carboxylic acids is 1. The van der Waals surface area contributed by atoms with Crippen LogP contribution in [0.2, 0.25) is 0 Å². The molecular formula is C14H16N2O. The molecule has 1 heterocycles. The Morgan fingerprint density at radius 3 is 2.94 bits per heavy atom. The second-order valence-electron chi connectivity index (χ2n) is 4.17. The monoisotopic (exact) mass is 228 g/mol. The van der Waals surface area contributed by atoms with Crippen molar-refractivity contribution in [2.75, 3.05) is 0 Å². The third kappa shape index (κ3) is 2.61. The van der Waals surface area contributed by atoms with E-state index in [0.717, 1.165) is 0 Å². The maximum Gasteiger partial charge on any atom is 0.180 e. The minimum absolute atomic E-state index is 0.134. The molecule has 0 saturated carbocycles. The maximum atomic E-state index is 11.7. The molecule has 0 fully saturated rings. The minimum atomic E-state index is 0.134. The minimum Gasteiger partial charge on any atom is -0.324 e. The average Bonchev–Trinajstić information content (AvgIpc) is 2.76. The molecule has 3 heteroatoms. The van der Waals surface area contributed by atoms with E-state index in [1.807, 2.05) is 17.6 Å². The van der Waals surface area contributed by atoms with E-state index >= 15 is 0 Å². The van der Waals surface area contributed by atoms with E-state index in [1.165, 1.54) is 11.1 Å². The van der Waals surface area contributed by atoms with Crippen molar-refractivity contribution >= 4 is 5.78 Å². The van der Waals surface area contributed by atoms with E-state index < -0.39 is 0 Å². The number of nitrogens with zero attached hydrogens (tertiary/aromatic N) is 2. The molecule has 1 aromatic heterocycles. The summed E-state index contributed by atoms with van der Waals surface area (Å²) >= 11 is 0. The maximum absolute atomic E-state index is 11.7. The number of carbonyl (C=O) groups is 1. The van der Waals surface area contributed by atoms with Gasteiger partial charge in [0.15, 0.2) is 5.78 Å². The Balaban J connectivity index is 2.25. The van der Waals surface area contributed by atoms with E-state index in [0.29, 0.717) is 18.7 Å². The van der Waals surface area contributed by atoms with Gasteiger partial charge in [0.25, 0.3) is 0 Å². The lowest BCUT2D eigenvalue weighted by Crippen LogP contribution is -2.08. The predicted molar refractivity (Wildman–Crippen MR) is 67.1 cm³/mol. The fourth-order valence-electron chi connectivity index (χ4n) is 1.87. The first-order valence-electron chi connectivity index (χ1n) is 5.79. The van der Waals surface area contributed by atoms with Crippen molar-refractivity contribution < 1.29 is 4.79 Å². The number of Topliss-reactive ketones (excluding diaryl/α,β-unsaturated/α-hetero) is 1. The van der Waals surface area contributed by atoms with Crippen molar-refractivity contribution in [3.05, 3.63) is 53.6 Å². The zero-order chi connectivity index (χ0) is 12.3. The summed E-state index contributed by atoms with van der Waals surface area (Å²) in [5.41, 5.74) is 3.10. The fraction of sp³-hybridized carbons (Fsp3) is 0.286. The van der Waals surface area contributed by atoms with Crippen molar-refractivity contribution in [2.45, 2.75) is 26.8 Å². The molecule has 0 aliphatic heterocycles. The number of hydrogen-bond donors (Lipinski definition) is 0. The highest BCUT2D eigenvalue weighted by molar-refractivity contribution is 5.94. The van der Waals surface area contributed by atoms with Gasteiger partial charge in [-0.25, -0.2) is 4.98 Å². The van der Waals surface area contributed by atoms with Gasteiger partial charge in [0.1, 0.15) is 5.69 Å². The normalized spacial score (nSPS) is 10.5. The number of aryl methyl sites for hydroxylation is 1. The van der Waals surface area contributed by atoms with Gasteiger partial charge in [0.2, 0.25) is 0 Å². The number of rotatable bonds is 4. The molecular weight excluding hydrogens is 212 g/mol. The summed E-state index contributed by atoms with van der Waals surface area (Å²) in [5.74, 6) is 0.134. The van der Waals surface area contributed by atoms with Crippen molar-refractivity contribution in [1.29, 1.82) is 0 Å². The molecule has 0 bridgehead atoms. The first-order valence-corrected chi connectivity index (χ1v) is 5.79. The summed E-state index contributed by atoms with van der Waals surface area (Å²) < 4.78 is 1.90. The Hall–Kier alpha value is -1.90. The molecule has 17 heavy (non-hydrogen) atoms. The number of imidazole rings is 1. The fourth-order valence-corrected chi connectivity index (χ4v) is 1.87. The Kier molecular flexibility index (Phi) is 3.38. The van der Waals surface area contributed by atoms with E-state index in [1.54, 1.807) is 12.5 Å². The highest BCUT2D eigenvalue weighted by Crippen LogP contribution is 2.09. The van der Waals surface area contributed by atoms with Gasteiger partial charge in [0, 0.05) is 13.0 Å². The van der Waals surface area contributed by atoms with E-state index in [9.17, 15) is 4.79 Å². The summed E-state index contributed by atoms with van der Waals surface area (Å²) in [6, 6.07) is 8.28. The number of hydrogen-bond acceptors (Lipinski definition) is 2. The third-order valence-corrected chi connectivity index (χ3v) is 2.75. The Morgan fingerprint density at radius 1 is 1.41 bits per heavy atom. The highest BCUT2D eigenvalue weighted by atomic mass is 16.1. The third-order valence-electron chi connectivity index (χ3n) is 2.75. The number of benzene rings is 1. The largest absolute Gasteiger partial charge is 0.324 e. The predicted octanol–water partition coefficient (Wildman–Crippen LogP) is 2.83. The van der Waals surface area contributed by atoms with Gasteiger partial charge in [-0.05, 0) is 12.5 Å². The molecule has 0 N–H and O–H groups in total. The van der Waals surface area contributed by atoms with Crippen LogP contribution in [0.5, 0.6) is 0 Å².